The minimum absolute atomic E-state index is 0.0548. The molecule has 6 nitrogen and oxygen atoms in total. The number of hydrogen-bond donors (Lipinski definition) is 0. The monoisotopic (exact) mass is 421 g/mol. The van der Waals surface area contributed by atoms with Crippen LogP contribution in [-0.4, -0.2) is 66.3 Å². The maximum atomic E-state index is 13.1. The van der Waals surface area contributed by atoms with Crippen LogP contribution in [0.1, 0.15) is 23.1 Å². The Hall–Kier alpha value is -2.86. The molecule has 2 amide bonds. The van der Waals surface area contributed by atoms with Crippen LogP contribution in [0.4, 0.5) is 0 Å². The van der Waals surface area contributed by atoms with E-state index in [-0.39, 0.29) is 17.7 Å². The highest BCUT2D eigenvalue weighted by Crippen LogP contribution is 2.24. The van der Waals surface area contributed by atoms with E-state index in [4.69, 9.17) is 4.74 Å². The lowest BCUT2D eigenvalue weighted by atomic mass is 10.1. The van der Waals surface area contributed by atoms with Crippen LogP contribution in [0.25, 0.3) is 0 Å². The predicted molar refractivity (Wildman–Crippen MR) is 120 cm³/mol. The van der Waals surface area contributed by atoms with Gasteiger partial charge in [0.15, 0.2) is 0 Å². The molecule has 0 unspecified atom stereocenters. The molecular formula is C25H31N3O3. The summed E-state index contributed by atoms with van der Waals surface area (Å²) >= 11 is 0. The van der Waals surface area contributed by atoms with Gasteiger partial charge in [0.2, 0.25) is 11.8 Å². The van der Waals surface area contributed by atoms with Crippen molar-refractivity contribution in [3.63, 3.8) is 0 Å². The maximum Gasteiger partial charge on any atom is 0.228 e. The molecule has 0 N–H and O–H groups in total. The molecule has 6 heteroatoms. The lowest BCUT2D eigenvalue weighted by Gasteiger charge is -2.36. The van der Waals surface area contributed by atoms with Crippen LogP contribution >= 0.6 is 0 Å². The van der Waals surface area contributed by atoms with Crippen LogP contribution in [-0.2, 0) is 22.7 Å². The SMILES string of the molecule is COc1cccc(CN2C[C@H](C(=O)N3CCN(Cc4ccc(C)cc4)CC3)CC2=O)c1. The number of carbonyl (C=O) groups is 2. The fourth-order valence-corrected chi connectivity index (χ4v) is 4.42. The van der Waals surface area contributed by atoms with Crippen LogP contribution < -0.4 is 4.74 Å². The third-order valence-electron chi connectivity index (χ3n) is 6.28. The Morgan fingerprint density at radius 3 is 2.45 bits per heavy atom. The number of amides is 2. The molecule has 1 atom stereocenters. The molecule has 2 fully saturated rings. The summed E-state index contributed by atoms with van der Waals surface area (Å²) < 4.78 is 5.27. The quantitative estimate of drug-likeness (QED) is 0.720. The second kappa shape index (κ2) is 9.52. The van der Waals surface area contributed by atoms with Gasteiger partial charge >= 0.3 is 0 Å². The zero-order valence-electron chi connectivity index (χ0n) is 18.4. The summed E-state index contributed by atoms with van der Waals surface area (Å²) in [6.07, 6.45) is 0.312. The van der Waals surface area contributed by atoms with Gasteiger partial charge in [0.25, 0.3) is 0 Å². The van der Waals surface area contributed by atoms with Crippen molar-refractivity contribution in [1.82, 2.24) is 14.7 Å². The van der Waals surface area contributed by atoms with Crippen molar-refractivity contribution in [2.45, 2.75) is 26.4 Å². The van der Waals surface area contributed by atoms with Gasteiger partial charge in [-0.2, -0.15) is 0 Å². The van der Waals surface area contributed by atoms with Gasteiger partial charge in [0.1, 0.15) is 5.75 Å². The molecule has 4 rings (SSSR count). The Bertz CT molecular complexity index is 920. The summed E-state index contributed by atoms with van der Waals surface area (Å²) in [5.41, 5.74) is 3.59. The Morgan fingerprint density at radius 1 is 1.00 bits per heavy atom. The number of nitrogens with zero attached hydrogens (tertiary/aromatic N) is 3. The molecule has 2 aliphatic rings. The largest absolute Gasteiger partial charge is 0.497 e. The minimum Gasteiger partial charge on any atom is -0.497 e. The van der Waals surface area contributed by atoms with Crippen LogP contribution in [0.15, 0.2) is 48.5 Å². The topological polar surface area (TPSA) is 53.1 Å². The fourth-order valence-electron chi connectivity index (χ4n) is 4.42. The van der Waals surface area contributed by atoms with E-state index in [2.05, 4.69) is 36.1 Å². The Kier molecular flexibility index (Phi) is 6.56. The number of benzene rings is 2. The molecular weight excluding hydrogens is 390 g/mol. The lowest BCUT2D eigenvalue weighted by Crippen LogP contribution is -2.50. The van der Waals surface area contributed by atoms with E-state index in [0.717, 1.165) is 44.0 Å². The number of hydrogen-bond acceptors (Lipinski definition) is 4. The molecule has 0 bridgehead atoms. The molecule has 0 spiro atoms. The Labute approximate surface area is 184 Å². The van der Waals surface area contributed by atoms with Crippen molar-refractivity contribution in [1.29, 1.82) is 0 Å². The second-order valence-electron chi connectivity index (χ2n) is 8.61. The number of rotatable bonds is 6. The third-order valence-corrected chi connectivity index (χ3v) is 6.28. The van der Waals surface area contributed by atoms with E-state index in [0.29, 0.717) is 19.5 Å². The van der Waals surface area contributed by atoms with Crippen molar-refractivity contribution in [3.8, 4) is 5.75 Å². The molecule has 0 radical (unpaired) electrons. The molecule has 0 saturated carbocycles. The van der Waals surface area contributed by atoms with Gasteiger partial charge in [-0.05, 0) is 30.2 Å². The zero-order chi connectivity index (χ0) is 21.8. The first-order chi connectivity index (χ1) is 15.0. The number of aryl methyl sites for hydroxylation is 1. The molecule has 0 aliphatic carbocycles. The highest BCUT2D eigenvalue weighted by atomic mass is 16.5. The summed E-state index contributed by atoms with van der Waals surface area (Å²) in [6, 6.07) is 16.4. The van der Waals surface area contributed by atoms with Gasteiger partial charge in [-0.1, -0.05) is 42.0 Å². The number of carbonyl (C=O) groups excluding carboxylic acids is 2. The number of likely N-dealkylation sites (tertiary alicyclic amines) is 1. The first-order valence-electron chi connectivity index (χ1n) is 11.0. The van der Waals surface area contributed by atoms with Crippen molar-refractivity contribution in [2.24, 2.45) is 5.92 Å². The molecule has 164 valence electrons. The van der Waals surface area contributed by atoms with Crippen molar-refractivity contribution >= 4 is 11.8 Å². The first kappa shape index (κ1) is 21.4. The van der Waals surface area contributed by atoms with E-state index >= 15 is 0 Å². The van der Waals surface area contributed by atoms with Crippen LogP contribution in [0.3, 0.4) is 0 Å². The maximum absolute atomic E-state index is 13.1. The highest BCUT2D eigenvalue weighted by Gasteiger charge is 2.37. The smallest absolute Gasteiger partial charge is 0.228 e. The molecule has 2 saturated heterocycles. The van der Waals surface area contributed by atoms with Crippen LogP contribution in [0.5, 0.6) is 5.75 Å². The third kappa shape index (κ3) is 5.25. The number of ether oxygens (including phenoxy) is 1. The summed E-state index contributed by atoms with van der Waals surface area (Å²) in [7, 11) is 1.63. The van der Waals surface area contributed by atoms with Gasteiger partial charge in [0, 0.05) is 52.2 Å². The highest BCUT2D eigenvalue weighted by molar-refractivity contribution is 5.89. The predicted octanol–water partition coefficient (Wildman–Crippen LogP) is 2.70. The van der Waals surface area contributed by atoms with E-state index in [1.165, 1.54) is 11.1 Å². The Balaban J connectivity index is 1.28. The second-order valence-corrected chi connectivity index (χ2v) is 8.61. The van der Waals surface area contributed by atoms with Gasteiger partial charge in [0.05, 0.1) is 13.0 Å². The van der Waals surface area contributed by atoms with E-state index in [1.54, 1.807) is 12.0 Å². The Morgan fingerprint density at radius 2 is 1.74 bits per heavy atom. The van der Waals surface area contributed by atoms with Crippen molar-refractivity contribution in [3.05, 3.63) is 65.2 Å². The molecule has 2 heterocycles. The summed E-state index contributed by atoms with van der Waals surface area (Å²) in [5.74, 6) is 0.720. The number of methoxy groups -OCH3 is 1. The van der Waals surface area contributed by atoms with Crippen molar-refractivity contribution in [2.75, 3.05) is 39.8 Å². The van der Waals surface area contributed by atoms with Gasteiger partial charge in [-0.25, -0.2) is 0 Å². The van der Waals surface area contributed by atoms with E-state index < -0.39 is 0 Å². The summed E-state index contributed by atoms with van der Waals surface area (Å²) in [5, 5.41) is 0. The summed E-state index contributed by atoms with van der Waals surface area (Å²) in [4.78, 5) is 31.7. The van der Waals surface area contributed by atoms with E-state index in [1.807, 2.05) is 29.2 Å². The molecule has 0 aromatic heterocycles. The van der Waals surface area contributed by atoms with Gasteiger partial charge in [-0.15, -0.1) is 0 Å². The fraction of sp³-hybridized carbons (Fsp3) is 0.440. The molecule has 2 aliphatic heterocycles. The summed E-state index contributed by atoms with van der Waals surface area (Å²) in [6.45, 7) is 7.22. The van der Waals surface area contributed by atoms with Gasteiger partial charge in [-0.3, -0.25) is 14.5 Å². The zero-order valence-corrected chi connectivity index (χ0v) is 18.4. The van der Waals surface area contributed by atoms with Crippen LogP contribution in [0.2, 0.25) is 0 Å². The lowest BCUT2D eigenvalue weighted by molar-refractivity contribution is -0.137. The molecule has 2 aromatic rings. The average molecular weight is 422 g/mol. The molecule has 2 aromatic carbocycles. The average Bonchev–Trinajstić information content (AvgIpc) is 3.15. The number of piperazine rings is 1. The molecule has 31 heavy (non-hydrogen) atoms. The van der Waals surface area contributed by atoms with Crippen molar-refractivity contribution < 1.29 is 14.3 Å². The minimum atomic E-state index is -0.234. The normalized spacial score (nSPS) is 19.7. The first-order valence-corrected chi connectivity index (χ1v) is 11.0. The standard InChI is InChI=1S/C25H31N3O3/c1-19-6-8-20(9-7-19)16-26-10-12-27(13-11-26)25(30)22-15-24(29)28(18-22)17-21-4-3-5-23(14-21)31-2/h3-9,14,22H,10-13,15-18H2,1-2H3/t22-/m1/s1. The van der Waals surface area contributed by atoms with E-state index in [9.17, 15) is 9.59 Å². The van der Waals surface area contributed by atoms with Crippen LogP contribution in [0, 0.1) is 12.8 Å². The van der Waals surface area contributed by atoms with Gasteiger partial charge < -0.3 is 14.5 Å².